The van der Waals surface area contributed by atoms with Crippen LogP contribution < -0.4 is 14.8 Å². The number of unbranched alkanes of at least 4 members (excludes halogenated alkanes) is 1. The number of nitrogens with zero attached hydrogens (tertiary/aromatic N) is 2. The number of nitrogens with one attached hydrogen (secondary N) is 1. The number of fused-ring (bicyclic) bond motifs is 2. The maximum atomic E-state index is 13.3. The molecular weight excluding hydrogens is 414 g/mol. The average Bonchev–Trinajstić information content (AvgIpc) is 3.31. The second-order valence-corrected chi connectivity index (χ2v) is 10.1. The predicted octanol–water partition coefficient (Wildman–Crippen LogP) is 5.64. The van der Waals surface area contributed by atoms with Crippen LogP contribution >= 0.6 is 0 Å². The zero-order valence-corrected chi connectivity index (χ0v) is 19.4. The lowest BCUT2D eigenvalue weighted by molar-refractivity contribution is -0.118. The smallest absolute Gasteiger partial charge is 0.235 e. The van der Waals surface area contributed by atoms with Crippen LogP contribution in [0.2, 0.25) is 0 Å². The fourth-order valence-electron chi connectivity index (χ4n) is 4.74. The third-order valence-corrected chi connectivity index (χ3v) is 6.71. The van der Waals surface area contributed by atoms with Crippen LogP contribution in [0.3, 0.4) is 0 Å². The Morgan fingerprint density at radius 1 is 1.12 bits per heavy atom. The van der Waals surface area contributed by atoms with E-state index in [0.29, 0.717) is 12.2 Å². The summed E-state index contributed by atoms with van der Waals surface area (Å²) in [4.78, 5) is 13.3. The van der Waals surface area contributed by atoms with E-state index in [0.717, 1.165) is 53.7 Å². The summed E-state index contributed by atoms with van der Waals surface area (Å²) in [5, 5.41) is 13.2. The molecule has 0 bridgehead atoms. The third-order valence-electron chi connectivity index (χ3n) is 6.71. The van der Waals surface area contributed by atoms with Crippen molar-refractivity contribution in [2.75, 3.05) is 12.1 Å². The molecule has 0 radical (unpaired) electrons. The maximum Gasteiger partial charge on any atom is 0.235 e. The molecule has 1 aromatic heterocycles. The summed E-state index contributed by atoms with van der Waals surface area (Å²) in [6.07, 6.45) is 3.01. The standard InChI is InChI=1S/C27H29N3O3/c1-26(2,3)24-15-18-14-20(7-8-21(18)30(24)13-5-4-12-28)29-25(31)27(10-11-27)19-6-9-22-23(16-19)33-17-32-22/h6-9,14-16H,4-5,10-11,13,17H2,1-3H3,(H,29,31). The lowest BCUT2D eigenvalue weighted by Crippen LogP contribution is -2.27. The molecule has 33 heavy (non-hydrogen) atoms. The van der Waals surface area contributed by atoms with E-state index in [2.05, 4.69) is 54.9 Å². The van der Waals surface area contributed by atoms with Gasteiger partial charge in [-0.05, 0) is 61.2 Å². The Hall–Kier alpha value is -3.46. The molecule has 2 aliphatic rings. The van der Waals surface area contributed by atoms with Crippen molar-refractivity contribution in [2.24, 2.45) is 0 Å². The summed E-state index contributed by atoms with van der Waals surface area (Å²) in [5.41, 5.74) is 3.62. The summed E-state index contributed by atoms with van der Waals surface area (Å²) in [7, 11) is 0. The van der Waals surface area contributed by atoms with Crippen LogP contribution in [0.15, 0.2) is 42.5 Å². The molecule has 0 unspecified atom stereocenters. The lowest BCUT2D eigenvalue weighted by Gasteiger charge is -2.22. The number of hydrogen-bond donors (Lipinski definition) is 1. The Kier molecular flexibility index (Phi) is 5.08. The molecule has 2 heterocycles. The van der Waals surface area contributed by atoms with Crippen molar-refractivity contribution in [3.63, 3.8) is 0 Å². The van der Waals surface area contributed by atoms with Crippen LogP contribution in [0.1, 0.15) is 57.7 Å². The van der Waals surface area contributed by atoms with E-state index >= 15 is 0 Å². The maximum absolute atomic E-state index is 13.3. The number of aryl methyl sites for hydroxylation is 1. The molecule has 6 heteroatoms. The fourth-order valence-corrected chi connectivity index (χ4v) is 4.74. The second-order valence-electron chi connectivity index (χ2n) is 10.1. The number of carbonyl (C=O) groups excluding carboxylic acids is 1. The Balaban J connectivity index is 1.41. The van der Waals surface area contributed by atoms with Crippen molar-refractivity contribution >= 4 is 22.5 Å². The molecule has 2 aromatic carbocycles. The van der Waals surface area contributed by atoms with Crippen molar-refractivity contribution in [1.29, 1.82) is 5.26 Å². The van der Waals surface area contributed by atoms with Crippen LogP contribution in [0.5, 0.6) is 11.5 Å². The molecule has 1 N–H and O–H groups in total. The average molecular weight is 444 g/mol. The minimum absolute atomic E-state index is 0.0187. The molecule has 1 amide bonds. The van der Waals surface area contributed by atoms with Gasteiger partial charge >= 0.3 is 0 Å². The van der Waals surface area contributed by atoms with E-state index in [4.69, 9.17) is 14.7 Å². The van der Waals surface area contributed by atoms with E-state index in [-0.39, 0.29) is 18.1 Å². The van der Waals surface area contributed by atoms with Gasteiger partial charge in [-0.2, -0.15) is 5.26 Å². The van der Waals surface area contributed by atoms with Gasteiger partial charge in [-0.25, -0.2) is 0 Å². The topological polar surface area (TPSA) is 76.3 Å². The highest BCUT2D eigenvalue weighted by Crippen LogP contribution is 2.51. The van der Waals surface area contributed by atoms with Crippen molar-refractivity contribution < 1.29 is 14.3 Å². The van der Waals surface area contributed by atoms with Crippen LogP contribution in [0.4, 0.5) is 5.69 Å². The predicted molar refractivity (Wildman–Crippen MR) is 128 cm³/mol. The third kappa shape index (κ3) is 3.82. The number of carbonyl (C=O) groups is 1. The number of hydrogen-bond acceptors (Lipinski definition) is 4. The summed E-state index contributed by atoms with van der Waals surface area (Å²) < 4.78 is 13.2. The molecule has 6 nitrogen and oxygen atoms in total. The van der Waals surface area contributed by atoms with Crippen LogP contribution in [-0.2, 0) is 22.2 Å². The van der Waals surface area contributed by atoms with Gasteiger partial charge in [0.05, 0.1) is 11.5 Å². The van der Waals surface area contributed by atoms with Crippen LogP contribution in [0.25, 0.3) is 10.9 Å². The van der Waals surface area contributed by atoms with Crippen molar-refractivity contribution in [2.45, 2.75) is 63.8 Å². The molecule has 1 aliphatic carbocycles. The minimum Gasteiger partial charge on any atom is -0.454 e. The zero-order chi connectivity index (χ0) is 23.2. The molecule has 1 fully saturated rings. The van der Waals surface area contributed by atoms with Gasteiger partial charge in [-0.3, -0.25) is 4.79 Å². The van der Waals surface area contributed by atoms with Gasteiger partial charge in [-0.1, -0.05) is 26.8 Å². The summed E-state index contributed by atoms with van der Waals surface area (Å²) in [6, 6.07) is 16.4. The highest BCUT2D eigenvalue weighted by Gasteiger charge is 2.51. The van der Waals surface area contributed by atoms with Gasteiger partial charge in [0.2, 0.25) is 12.7 Å². The summed E-state index contributed by atoms with van der Waals surface area (Å²) in [5.74, 6) is 1.46. The number of rotatable bonds is 6. The molecule has 0 saturated heterocycles. The SMILES string of the molecule is CC(C)(C)c1cc2cc(NC(=O)C3(c4ccc5c(c4)OCO5)CC3)ccc2n1CCCC#N. The fraction of sp³-hybridized carbons (Fsp3) is 0.407. The number of anilines is 1. The normalized spacial score (nSPS) is 15.9. The summed E-state index contributed by atoms with van der Waals surface area (Å²) in [6.45, 7) is 7.64. The van der Waals surface area contributed by atoms with Crippen molar-refractivity contribution in [3.05, 3.63) is 53.7 Å². The lowest BCUT2D eigenvalue weighted by atomic mass is 9.92. The molecule has 1 aliphatic heterocycles. The van der Waals surface area contributed by atoms with Gasteiger partial charge in [0, 0.05) is 40.7 Å². The quantitative estimate of drug-likeness (QED) is 0.500. The second kappa shape index (κ2) is 7.84. The van der Waals surface area contributed by atoms with Gasteiger partial charge < -0.3 is 19.4 Å². The monoisotopic (exact) mass is 443 g/mol. The zero-order valence-electron chi connectivity index (χ0n) is 19.4. The van der Waals surface area contributed by atoms with E-state index in [9.17, 15) is 4.79 Å². The van der Waals surface area contributed by atoms with Gasteiger partial charge in [-0.15, -0.1) is 0 Å². The van der Waals surface area contributed by atoms with E-state index < -0.39 is 5.41 Å². The van der Waals surface area contributed by atoms with Crippen LogP contribution in [-0.4, -0.2) is 17.3 Å². The number of amides is 1. The van der Waals surface area contributed by atoms with Gasteiger partial charge in [0.1, 0.15) is 0 Å². The first-order valence-corrected chi connectivity index (χ1v) is 11.5. The summed E-state index contributed by atoms with van der Waals surface area (Å²) >= 11 is 0. The first-order valence-electron chi connectivity index (χ1n) is 11.5. The first-order chi connectivity index (χ1) is 15.8. The Labute approximate surface area is 194 Å². The highest BCUT2D eigenvalue weighted by atomic mass is 16.7. The van der Waals surface area contributed by atoms with E-state index in [1.807, 2.05) is 24.3 Å². The number of nitriles is 1. The number of aromatic nitrogens is 1. The van der Waals surface area contributed by atoms with Crippen LogP contribution in [0, 0.1) is 11.3 Å². The molecule has 0 atom stereocenters. The number of benzene rings is 2. The first kappa shape index (κ1) is 21.4. The Bertz CT molecular complexity index is 1270. The van der Waals surface area contributed by atoms with Gasteiger partial charge in [0.15, 0.2) is 11.5 Å². The highest BCUT2D eigenvalue weighted by molar-refractivity contribution is 6.02. The molecule has 5 rings (SSSR count). The van der Waals surface area contributed by atoms with Crippen molar-refractivity contribution in [1.82, 2.24) is 4.57 Å². The largest absolute Gasteiger partial charge is 0.454 e. The van der Waals surface area contributed by atoms with E-state index in [1.54, 1.807) is 0 Å². The molecule has 170 valence electrons. The van der Waals surface area contributed by atoms with Crippen molar-refractivity contribution in [3.8, 4) is 17.6 Å². The minimum atomic E-state index is -0.504. The number of ether oxygens (including phenoxy) is 2. The molecular formula is C27H29N3O3. The molecule has 0 spiro atoms. The van der Waals surface area contributed by atoms with Gasteiger partial charge in [0.25, 0.3) is 0 Å². The molecule has 3 aromatic rings. The molecule has 1 saturated carbocycles. The Morgan fingerprint density at radius 2 is 1.91 bits per heavy atom. The van der Waals surface area contributed by atoms with E-state index in [1.165, 1.54) is 5.69 Å². The Morgan fingerprint density at radius 3 is 2.64 bits per heavy atom.